The highest BCUT2D eigenvalue weighted by molar-refractivity contribution is 7.81. The molecule has 0 aromatic heterocycles. The minimum Gasteiger partial charge on any atom is -0.352 e. The lowest BCUT2D eigenvalue weighted by Crippen LogP contribution is -2.27. The van der Waals surface area contributed by atoms with Crippen LogP contribution in [0.2, 0.25) is 0 Å². The van der Waals surface area contributed by atoms with Crippen LogP contribution in [-0.4, -0.2) is 17.7 Å². The van der Waals surface area contributed by atoms with E-state index in [0.717, 1.165) is 6.42 Å². The molecule has 2 rings (SSSR count). The quantitative estimate of drug-likeness (QED) is 0.724. The Balaban J connectivity index is 1.91. The van der Waals surface area contributed by atoms with Crippen molar-refractivity contribution in [3.8, 4) is 0 Å². The molecule has 2 nitrogen and oxygen atoms in total. The largest absolute Gasteiger partial charge is 0.352 e. The molecule has 1 saturated carbocycles. The SMILES string of the molecule is O=C(CS)NC1CC1c1ccccc1. The molecule has 0 saturated heterocycles. The van der Waals surface area contributed by atoms with Gasteiger partial charge in [-0.15, -0.1) is 0 Å². The summed E-state index contributed by atoms with van der Waals surface area (Å²) in [5, 5.41) is 2.94. The van der Waals surface area contributed by atoms with E-state index in [4.69, 9.17) is 0 Å². The zero-order valence-corrected chi connectivity index (χ0v) is 8.71. The molecule has 1 N–H and O–H groups in total. The van der Waals surface area contributed by atoms with Crippen molar-refractivity contribution < 1.29 is 4.79 Å². The third-order valence-electron chi connectivity index (χ3n) is 2.51. The predicted molar refractivity (Wildman–Crippen MR) is 59.6 cm³/mol. The molecule has 0 spiro atoms. The van der Waals surface area contributed by atoms with Crippen molar-refractivity contribution >= 4 is 18.5 Å². The lowest BCUT2D eigenvalue weighted by Gasteiger charge is -2.02. The van der Waals surface area contributed by atoms with E-state index in [1.54, 1.807) is 0 Å². The smallest absolute Gasteiger partial charge is 0.229 e. The molecule has 0 aliphatic heterocycles. The molecule has 1 amide bonds. The van der Waals surface area contributed by atoms with Crippen LogP contribution >= 0.6 is 12.6 Å². The molecule has 0 heterocycles. The van der Waals surface area contributed by atoms with Crippen LogP contribution in [0, 0.1) is 0 Å². The first-order valence-corrected chi connectivity index (χ1v) is 5.39. The summed E-state index contributed by atoms with van der Waals surface area (Å²) >= 11 is 3.92. The van der Waals surface area contributed by atoms with Crippen LogP contribution in [-0.2, 0) is 4.79 Å². The average molecular weight is 207 g/mol. The zero-order valence-electron chi connectivity index (χ0n) is 7.81. The highest BCUT2D eigenvalue weighted by Crippen LogP contribution is 2.40. The molecule has 1 aliphatic carbocycles. The molecule has 2 unspecified atom stereocenters. The van der Waals surface area contributed by atoms with Crippen LogP contribution in [0.5, 0.6) is 0 Å². The summed E-state index contributed by atoms with van der Waals surface area (Å²) in [5.41, 5.74) is 1.32. The van der Waals surface area contributed by atoms with E-state index in [0.29, 0.717) is 12.0 Å². The van der Waals surface area contributed by atoms with Gasteiger partial charge in [-0.05, 0) is 12.0 Å². The summed E-state index contributed by atoms with van der Waals surface area (Å²) in [6.45, 7) is 0. The van der Waals surface area contributed by atoms with Gasteiger partial charge in [0.05, 0.1) is 5.75 Å². The molecule has 14 heavy (non-hydrogen) atoms. The molecule has 2 atom stereocenters. The van der Waals surface area contributed by atoms with E-state index in [9.17, 15) is 4.79 Å². The van der Waals surface area contributed by atoms with Crippen molar-refractivity contribution in [3.63, 3.8) is 0 Å². The minimum absolute atomic E-state index is 0.0248. The summed E-state index contributed by atoms with van der Waals surface area (Å²) in [6, 6.07) is 10.6. The lowest BCUT2D eigenvalue weighted by molar-refractivity contribution is -0.118. The third kappa shape index (κ3) is 2.10. The molecule has 1 aliphatic rings. The maximum atomic E-state index is 11.1. The number of carbonyl (C=O) groups is 1. The minimum atomic E-state index is 0.0248. The van der Waals surface area contributed by atoms with E-state index in [1.165, 1.54) is 5.56 Å². The van der Waals surface area contributed by atoms with Gasteiger partial charge in [0, 0.05) is 12.0 Å². The maximum Gasteiger partial charge on any atom is 0.229 e. The number of amides is 1. The van der Waals surface area contributed by atoms with E-state index in [1.807, 2.05) is 18.2 Å². The Labute approximate surface area is 89.1 Å². The Morgan fingerprint density at radius 2 is 2.14 bits per heavy atom. The number of thiol groups is 1. The Kier molecular flexibility index (Phi) is 2.77. The molecule has 1 aromatic rings. The van der Waals surface area contributed by atoms with Crippen molar-refractivity contribution in [2.75, 3.05) is 5.75 Å². The second-order valence-corrected chi connectivity index (χ2v) is 3.90. The second-order valence-electron chi connectivity index (χ2n) is 3.58. The topological polar surface area (TPSA) is 29.1 Å². The van der Waals surface area contributed by atoms with Crippen molar-refractivity contribution in [1.29, 1.82) is 0 Å². The van der Waals surface area contributed by atoms with Crippen molar-refractivity contribution in [2.45, 2.75) is 18.4 Å². The highest BCUT2D eigenvalue weighted by atomic mass is 32.1. The number of nitrogens with one attached hydrogen (secondary N) is 1. The lowest BCUT2D eigenvalue weighted by atomic mass is 10.1. The molecule has 3 heteroatoms. The van der Waals surface area contributed by atoms with E-state index < -0.39 is 0 Å². The van der Waals surface area contributed by atoms with Crippen LogP contribution in [0.1, 0.15) is 17.9 Å². The van der Waals surface area contributed by atoms with E-state index in [-0.39, 0.29) is 11.7 Å². The first-order valence-electron chi connectivity index (χ1n) is 4.76. The average Bonchev–Trinajstić information content (AvgIpc) is 2.98. The Bertz CT molecular complexity index is 325. The Morgan fingerprint density at radius 1 is 1.43 bits per heavy atom. The van der Waals surface area contributed by atoms with Gasteiger partial charge in [-0.3, -0.25) is 4.79 Å². The van der Waals surface area contributed by atoms with Gasteiger partial charge in [-0.1, -0.05) is 30.3 Å². The summed E-state index contributed by atoms with van der Waals surface area (Å²) in [7, 11) is 0. The Hall–Kier alpha value is -0.960. The molecule has 0 bridgehead atoms. The van der Waals surface area contributed by atoms with Gasteiger partial charge < -0.3 is 5.32 Å². The monoisotopic (exact) mass is 207 g/mol. The van der Waals surface area contributed by atoms with Gasteiger partial charge in [-0.2, -0.15) is 12.6 Å². The Morgan fingerprint density at radius 3 is 2.79 bits per heavy atom. The van der Waals surface area contributed by atoms with Crippen LogP contribution in [0.4, 0.5) is 0 Å². The highest BCUT2D eigenvalue weighted by Gasteiger charge is 2.38. The summed E-state index contributed by atoms with van der Waals surface area (Å²) in [5.74, 6) is 0.815. The molecule has 0 radical (unpaired) electrons. The fourth-order valence-electron chi connectivity index (χ4n) is 1.68. The first kappa shape index (κ1) is 9.59. The first-order chi connectivity index (χ1) is 6.81. The van der Waals surface area contributed by atoms with E-state index >= 15 is 0 Å². The number of rotatable bonds is 3. The summed E-state index contributed by atoms with van der Waals surface area (Å²) in [6.07, 6.45) is 1.06. The molecule has 74 valence electrons. The molecular formula is C11H13NOS. The second kappa shape index (κ2) is 4.05. The zero-order chi connectivity index (χ0) is 9.97. The summed E-state index contributed by atoms with van der Waals surface area (Å²) < 4.78 is 0. The van der Waals surface area contributed by atoms with Gasteiger partial charge in [-0.25, -0.2) is 0 Å². The fourth-order valence-corrected chi connectivity index (χ4v) is 1.77. The predicted octanol–water partition coefficient (Wildman–Crippen LogP) is 1.59. The van der Waals surface area contributed by atoms with Gasteiger partial charge in [0.1, 0.15) is 0 Å². The van der Waals surface area contributed by atoms with Crippen LogP contribution in [0.25, 0.3) is 0 Å². The molecular weight excluding hydrogens is 194 g/mol. The van der Waals surface area contributed by atoms with Gasteiger partial charge in [0.15, 0.2) is 0 Å². The van der Waals surface area contributed by atoms with Crippen molar-refractivity contribution in [1.82, 2.24) is 5.32 Å². The summed E-state index contributed by atoms with van der Waals surface area (Å²) in [4.78, 5) is 11.1. The molecule has 1 fully saturated rings. The van der Waals surface area contributed by atoms with Crippen molar-refractivity contribution in [3.05, 3.63) is 35.9 Å². The van der Waals surface area contributed by atoms with Crippen LogP contribution < -0.4 is 5.32 Å². The molecule has 1 aromatic carbocycles. The number of carbonyl (C=O) groups excluding carboxylic acids is 1. The number of benzene rings is 1. The normalized spacial score (nSPS) is 24.4. The van der Waals surface area contributed by atoms with Crippen molar-refractivity contribution in [2.24, 2.45) is 0 Å². The number of hydrogen-bond acceptors (Lipinski definition) is 2. The standard InChI is InChI=1S/C11H13NOS/c13-11(7-14)12-10-6-9(10)8-4-2-1-3-5-8/h1-5,9-10,14H,6-7H2,(H,12,13). The van der Waals surface area contributed by atoms with Crippen LogP contribution in [0.3, 0.4) is 0 Å². The third-order valence-corrected chi connectivity index (χ3v) is 2.80. The number of hydrogen-bond donors (Lipinski definition) is 2. The maximum absolute atomic E-state index is 11.1. The van der Waals surface area contributed by atoms with Gasteiger partial charge in [0.2, 0.25) is 5.91 Å². The van der Waals surface area contributed by atoms with Crippen LogP contribution in [0.15, 0.2) is 30.3 Å². The van der Waals surface area contributed by atoms with Gasteiger partial charge >= 0.3 is 0 Å². The van der Waals surface area contributed by atoms with E-state index in [2.05, 4.69) is 30.1 Å². The van der Waals surface area contributed by atoms with Gasteiger partial charge in [0.25, 0.3) is 0 Å². The fraction of sp³-hybridized carbons (Fsp3) is 0.364.